The van der Waals surface area contributed by atoms with E-state index in [-0.39, 0.29) is 0 Å². The van der Waals surface area contributed by atoms with Gasteiger partial charge in [0, 0.05) is 6.54 Å². The van der Waals surface area contributed by atoms with Crippen molar-refractivity contribution in [3.8, 4) is 5.75 Å². The number of para-hydroxylation sites is 1. The lowest BCUT2D eigenvalue weighted by molar-refractivity contribution is 0.111. The van der Waals surface area contributed by atoms with Crippen LogP contribution in [0.2, 0.25) is 0 Å². The summed E-state index contributed by atoms with van der Waals surface area (Å²) in [5, 5.41) is 0. The average Bonchev–Trinajstić information content (AvgIpc) is 2.89. The quantitative estimate of drug-likeness (QED) is 0.572. The van der Waals surface area contributed by atoms with E-state index in [1.807, 2.05) is 19.1 Å². The van der Waals surface area contributed by atoms with Crippen molar-refractivity contribution in [2.24, 2.45) is 0 Å². The summed E-state index contributed by atoms with van der Waals surface area (Å²) < 4.78 is 5.76. The minimum atomic E-state index is 0.649. The number of rotatable bonds is 6. The first-order chi connectivity index (χ1) is 8.81. The van der Waals surface area contributed by atoms with Crippen molar-refractivity contribution < 1.29 is 9.53 Å². The van der Waals surface area contributed by atoms with Crippen molar-refractivity contribution in [1.82, 2.24) is 4.90 Å². The summed E-state index contributed by atoms with van der Waals surface area (Å²) in [7, 11) is 0. The van der Waals surface area contributed by atoms with Gasteiger partial charge < -0.3 is 9.64 Å². The zero-order chi connectivity index (χ0) is 12.8. The number of hydrogen-bond acceptors (Lipinski definition) is 3. The Morgan fingerprint density at radius 1 is 1.33 bits per heavy atom. The van der Waals surface area contributed by atoms with Gasteiger partial charge in [-0.1, -0.05) is 12.1 Å². The van der Waals surface area contributed by atoms with Crippen molar-refractivity contribution in [1.29, 1.82) is 0 Å². The molecule has 0 saturated carbocycles. The molecule has 0 N–H and O–H groups in total. The van der Waals surface area contributed by atoms with E-state index < -0.39 is 0 Å². The lowest BCUT2D eigenvalue weighted by Gasteiger charge is -2.15. The van der Waals surface area contributed by atoms with Crippen LogP contribution >= 0.6 is 0 Å². The zero-order valence-electron chi connectivity index (χ0n) is 11.0. The molecule has 1 fully saturated rings. The zero-order valence-corrected chi connectivity index (χ0v) is 11.0. The van der Waals surface area contributed by atoms with Gasteiger partial charge in [0.25, 0.3) is 0 Å². The number of hydrogen-bond donors (Lipinski definition) is 0. The minimum absolute atomic E-state index is 0.649. The van der Waals surface area contributed by atoms with E-state index in [4.69, 9.17) is 4.74 Å². The van der Waals surface area contributed by atoms with Gasteiger partial charge in [-0.25, -0.2) is 0 Å². The van der Waals surface area contributed by atoms with Crippen LogP contribution in [0.25, 0.3) is 0 Å². The van der Waals surface area contributed by atoms with Crippen molar-refractivity contribution >= 4 is 6.29 Å². The van der Waals surface area contributed by atoms with E-state index in [1.54, 1.807) is 6.07 Å². The Morgan fingerprint density at radius 2 is 2.11 bits per heavy atom. The van der Waals surface area contributed by atoms with Crippen LogP contribution in [0.3, 0.4) is 0 Å². The van der Waals surface area contributed by atoms with Gasteiger partial charge in [-0.3, -0.25) is 4.79 Å². The summed E-state index contributed by atoms with van der Waals surface area (Å²) in [6.07, 6.45) is 4.54. The Morgan fingerprint density at radius 3 is 2.83 bits per heavy atom. The molecule has 2 rings (SSSR count). The topological polar surface area (TPSA) is 29.5 Å². The van der Waals surface area contributed by atoms with Gasteiger partial charge in [-0.2, -0.15) is 0 Å². The largest absolute Gasteiger partial charge is 0.493 e. The molecule has 1 aromatic rings. The fourth-order valence-corrected chi connectivity index (χ4v) is 2.43. The van der Waals surface area contributed by atoms with Gasteiger partial charge in [0.1, 0.15) is 5.75 Å². The van der Waals surface area contributed by atoms with Crippen LogP contribution in [0, 0.1) is 6.92 Å². The second kappa shape index (κ2) is 6.55. The van der Waals surface area contributed by atoms with Crippen LogP contribution in [0.4, 0.5) is 0 Å². The van der Waals surface area contributed by atoms with E-state index in [0.717, 1.165) is 30.6 Å². The lowest BCUT2D eigenvalue weighted by Crippen LogP contribution is -2.22. The number of carbonyl (C=O) groups excluding carboxylic acids is 1. The second-order valence-corrected chi connectivity index (χ2v) is 4.86. The summed E-state index contributed by atoms with van der Waals surface area (Å²) in [4.78, 5) is 13.4. The van der Waals surface area contributed by atoms with Crippen LogP contribution in [-0.2, 0) is 0 Å². The molecule has 0 aromatic heterocycles. The maximum atomic E-state index is 10.9. The molecule has 1 aromatic carbocycles. The minimum Gasteiger partial charge on any atom is -0.493 e. The van der Waals surface area contributed by atoms with Crippen molar-refractivity contribution in [3.05, 3.63) is 29.3 Å². The summed E-state index contributed by atoms with van der Waals surface area (Å²) in [5.74, 6) is 0.744. The predicted molar refractivity (Wildman–Crippen MR) is 72.4 cm³/mol. The van der Waals surface area contributed by atoms with E-state index in [9.17, 15) is 4.79 Å². The Kier molecular flexibility index (Phi) is 4.76. The third-order valence-electron chi connectivity index (χ3n) is 3.43. The number of likely N-dealkylation sites (tertiary alicyclic amines) is 1. The Labute approximate surface area is 109 Å². The number of carbonyl (C=O) groups is 1. The Balaban J connectivity index is 1.80. The van der Waals surface area contributed by atoms with E-state index in [1.165, 1.54) is 25.9 Å². The molecule has 0 unspecified atom stereocenters. The van der Waals surface area contributed by atoms with Gasteiger partial charge in [0.05, 0.1) is 12.2 Å². The first kappa shape index (κ1) is 13.1. The van der Waals surface area contributed by atoms with Gasteiger partial charge in [0.15, 0.2) is 6.29 Å². The highest BCUT2D eigenvalue weighted by molar-refractivity contribution is 5.80. The third-order valence-corrected chi connectivity index (χ3v) is 3.43. The molecule has 1 saturated heterocycles. The molecule has 0 amide bonds. The number of ether oxygens (including phenoxy) is 1. The third kappa shape index (κ3) is 3.33. The molecule has 0 bridgehead atoms. The number of nitrogens with zero attached hydrogens (tertiary/aromatic N) is 1. The highest BCUT2D eigenvalue weighted by Crippen LogP contribution is 2.22. The van der Waals surface area contributed by atoms with Crippen LogP contribution in [0.1, 0.15) is 35.2 Å². The number of aryl methyl sites for hydroxylation is 1. The van der Waals surface area contributed by atoms with E-state index in [0.29, 0.717) is 12.2 Å². The molecule has 3 nitrogen and oxygen atoms in total. The van der Waals surface area contributed by atoms with Gasteiger partial charge in [0.2, 0.25) is 0 Å². The summed E-state index contributed by atoms with van der Waals surface area (Å²) >= 11 is 0. The molecular formula is C15H21NO2. The van der Waals surface area contributed by atoms with Crippen LogP contribution < -0.4 is 4.74 Å². The Bertz CT molecular complexity index is 397. The molecule has 3 heteroatoms. The van der Waals surface area contributed by atoms with Crippen LogP contribution in [-0.4, -0.2) is 37.4 Å². The average molecular weight is 247 g/mol. The SMILES string of the molecule is Cc1cccc(C=O)c1OCCCN1CCCC1. The molecule has 1 heterocycles. The van der Waals surface area contributed by atoms with Crippen molar-refractivity contribution in [2.75, 3.05) is 26.2 Å². The number of aldehydes is 1. The highest BCUT2D eigenvalue weighted by atomic mass is 16.5. The highest BCUT2D eigenvalue weighted by Gasteiger charge is 2.11. The monoisotopic (exact) mass is 247 g/mol. The van der Waals surface area contributed by atoms with Gasteiger partial charge in [-0.15, -0.1) is 0 Å². The summed E-state index contributed by atoms with van der Waals surface area (Å²) in [5.41, 5.74) is 1.68. The normalized spacial score (nSPS) is 15.8. The van der Waals surface area contributed by atoms with Gasteiger partial charge >= 0.3 is 0 Å². The van der Waals surface area contributed by atoms with Crippen molar-refractivity contribution in [2.45, 2.75) is 26.2 Å². The standard InChI is InChI=1S/C15H21NO2/c1-13-6-4-7-14(12-17)15(13)18-11-5-10-16-8-2-3-9-16/h4,6-7,12H,2-3,5,8-11H2,1H3. The molecule has 0 radical (unpaired) electrons. The van der Waals surface area contributed by atoms with E-state index >= 15 is 0 Å². The molecule has 1 aliphatic heterocycles. The molecule has 18 heavy (non-hydrogen) atoms. The molecule has 0 spiro atoms. The van der Waals surface area contributed by atoms with Crippen molar-refractivity contribution in [3.63, 3.8) is 0 Å². The first-order valence-corrected chi connectivity index (χ1v) is 6.71. The maximum Gasteiger partial charge on any atom is 0.153 e. The first-order valence-electron chi connectivity index (χ1n) is 6.71. The molecule has 1 aliphatic rings. The number of benzene rings is 1. The predicted octanol–water partition coefficient (Wildman–Crippen LogP) is 2.67. The summed E-state index contributed by atoms with van der Waals surface area (Å²) in [6.45, 7) is 6.21. The Hall–Kier alpha value is -1.35. The maximum absolute atomic E-state index is 10.9. The smallest absolute Gasteiger partial charge is 0.153 e. The molecular weight excluding hydrogens is 226 g/mol. The second-order valence-electron chi connectivity index (χ2n) is 4.86. The van der Waals surface area contributed by atoms with Crippen LogP contribution in [0.15, 0.2) is 18.2 Å². The molecule has 98 valence electrons. The van der Waals surface area contributed by atoms with Gasteiger partial charge in [-0.05, 0) is 50.9 Å². The molecule has 0 aliphatic carbocycles. The summed E-state index contributed by atoms with van der Waals surface area (Å²) in [6, 6.07) is 5.66. The fraction of sp³-hybridized carbons (Fsp3) is 0.533. The van der Waals surface area contributed by atoms with E-state index in [2.05, 4.69) is 4.90 Å². The van der Waals surface area contributed by atoms with Crippen LogP contribution in [0.5, 0.6) is 5.75 Å². The molecule has 0 atom stereocenters. The fourth-order valence-electron chi connectivity index (χ4n) is 2.43. The lowest BCUT2D eigenvalue weighted by atomic mass is 10.1.